The van der Waals surface area contributed by atoms with Crippen molar-refractivity contribution >= 4 is 11.9 Å². The molecule has 0 saturated carbocycles. The van der Waals surface area contributed by atoms with Crippen LogP contribution >= 0.6 is 0 Å². The fraction of sp³-hybridized carbons (Fsp3) is 0.161. The van der Waals surface area contributed by atoms with Gasteiger partial charge in [0.1, 0.15) is 11.6 Å². The van der Waals surface area contributed by atoms with Crippen LogP contribution in [0.4, 0.5) is 8.78 Å². The van der Waals surface area contributed by atoms with Crippen LogP contribution in [-0.2, 0) is 12.8 Å². The van der Waals surface area contributed by atoms with Crippen molar-refractivity contribution in [1.82, 2.24) is 4.90 Å². The Balaban J connectivity index is 0.000000156. The Labute approximate surface area is 229 Å². The Bertz CT molecular complexity index is 1480. The molecule has 0 aromatic heterocycles. The van der Waals surface area contributed by atoms with Crippen molar-refractivity contribution in [1.29, 1.82) is 0 Å². The van der Waals surface area contributed by atoms with Gasteiger partial charge in [0, 0.05) is 18.2 Å². The van der Waals surface area contributed by atoms with Crippen LogP contribution in [0.15, 0.2) is 78.9 Å². The normalized spacial score (nSPS) is 14.8. The third-order valence-electron chi connectivity index (χ3n) is 6.90. The van der Waals surface area contributed by atoms with Crippen LogP contribution in [0.1, 0.15) is 43.4 Å². The number of carbonyl (C=O) groups is 2. The number of carboxylic acids is 2. The maximum Gasteiger partial charge on any atom is 0.335 e. The van der Waals surface area contributed by atoms with E-state index in [-0.39, 0.29) is 22.6 Å². The molecule has 1 heterocycles. The molecule has 1 aliphatic carbocycles. The molecule has 206 valence electrons. The molecule has 0 radical (unpaired) electrons. The zero-order valence-corrected chi connectivity index (χ0v) is 21.5. The lowest BCUT2D eigenvalue weighted by Crippen LogP contribution is -2.35. The molecule has 7 nitrogen and oxygen atoms in total. The molecule has 40 heavy (non-hydrogen) atoms. The molecule has 1 aliphatic heterocycles. The number of hydrogen-bond donors (Lipinski definition) is 4. The van der Waals surface area contributed by atoms with Gasteiger partial charge in [0.25, 0.3) is 0 Å². The fourth-order valence-corrected chi connectivity index (χ4v) is 4.86. The maximum atomic E-state index is 12.2. The average Bonchev–Trinajstić information content (AvgIpc) is 2.94. The van der Waals surface area contributed by atoms with Crippen molar-refractivity contribution in [2.45, 2.75) is 18.9 Å². The van der Waals surface area contributed by atoms with Crippen molar-refractivity contribution in [2.24, 2.45) is 0 Å². The lowest BCUT2D eigenvalue weighted by molar-refractivity contribution is 0.0686. The van der Waals surface area contributed by atoms with Gasteiger partial charge >= 0.3 is 11.9 Å². The van der Waals surface area contributed by atoms with Crippen LogP contribution < -0.4 is 0 Å². The Hall–Kier alpha value is -4.76. The molecule has 9 heteroatoms. The Morgan fingerprint density at radius 1 is 0.775 bits per heavy atom. The molecule has 4 N–H and O–H groups in total. The summed E-state index contributed by atoms with van der Waals surface area (Å²) in [4.78, 5) is 22.8. The van der Waals surface area contributed by atoms with Crippen LogP contribution in [0.3, 0.4) is 0 Å². The van der Waals surface area contributed by atoms with Gasteiger partial charge in [-0.2, -0.15) is 0 Å². The van der Waals surface area contributed by atoms with Gasteiger partial charge in [-0.05, 0) is 96.7 Å². The van der Waals surface area contributed by atoms with E-state index < -0.39 is 23.6 Å². The highest BCUT2D eigenvalue weighted by atomic mass is 19.1. The summed E-state index contributed by atoms with van der Waals surface area (Å²) in [6.45, 7) is 1.07. The van der Waals surface area contributed by atoms with E-state index in [2.05, 4.69) is 30.1 Å². The highest BCUT2D eigenvalue weighted by Crippen LogP contribution is 2.49. The Morgan fingerprint density at radius 3 is 1.85 bits per heavy atom. The summed E-state index contributed by atoms with van der Waals surface area (Å²) in [5.74, 6) is -2.96. The average molecular weight is 548 g/mol. The van der Waals surface area contributed by atoms with Gasteiger partial charge in [-0.3, -0.25) is 4.90 Å². The van der Waals surface area contributed by atoms with Gasteiger partial charge in [-0.1, -0.05) is 24.3 Å². The van der Waals surface area contributed by atoms with Crippen molar-refractivity contribution in [3.63, 3.8) is 0 Å². The molecule has 6 rings (SSSR count). The lowest BCUT2D eigenvalue weighted by atomic mass is 9.77. The summed E-state index contributed by atoms with van der Waals surface area (Å²) in [5, 5.41) is 36.8. The third-order valence-corrected chi connectivity index (χ3v) is 6.90. The zero-order chi connectivity index (χ0) is 29.0. The molecule has 1 atom stereocenters. The Morgan fingerprint density at radius 2 is 1.32 bits per heavy atom. The number of fused-ring (bicyclic) bond motifs is 2. The van der Waals surface area contributed by atoms with E-state index in [0.717, 1.165) is 60.3 Å². The molecular weight excluding hydrogens is 520 g/mol. The number of aromatic carboxylic acids is 2. The molecule has 0 spiro atoms. The summed E-state index contributed by atoms with van der Waals surface area (Å²) in [5.41, 5.74) is 5.90. The topological polar surface area (TPSA) is 118 Å². The number of benzene rings is 4. The van der Waals surface area contributed by atoms with E-state index in [9.17, 15) is 28.6 Å². The number of phenols is 2. The number of rotatable bonds is 2. The summed E-state index contributed by atoms with van der Waals surface area (Å²) < 4.78 is 24.3. The highest BCUT2D eigenvalue weighted by Gasteiger charge is 2.34. The molecule has 0 bridgehead atoms. The number of hydrogen-bond acceptors (Lipinski definition) is 5. The number of carboxylic acid groups (broad SMARTS) is 2. The molecule has 2 aliphatic rings. The molecule has 1 unspecified atom stereocenters. The lowest BCUT2D eigenvalue weighted by Gasteiger charge is -2.39. The second-order valence-corrected chi connectivity index (χ2v) is 9.42. The molecule has 0 amide bonds. The second kappa shape index (κ2) is 12.0. The van der Waals surface area contributed by atoms with Crippen LogP contribution in [-0.4, -0.2) is 50.9 Å². The van der Waals surface area contributed by atoms with Crippen LogP contribution in [0.25, 0.3) is 11.1 Å². The predicted molar refractivity (Wildman–Crippen MR) is 145 cm³/mol. The smallest absolute Gasteiger partial charge is 0.335 e. The first-order chi connectivity index (χ1) is 19.1. The number of aromatic hydroxyl groups is 2. The minimum atomic E-state index is -1.04. The van der Waals surface area contributed by atoms with Gasteiger partial charge in [0.2, 0.25) is 0 Å². The highest BCUT2D eigenvalue weighted by molar-refractivity contribution is 5.88. The Kier molecular flexibility index (Phi) is 8.45. The molecule has 0 saturated heterocycles. The van der Waals surface area contributed by atoms with Gasteiger partial charge < -0.3 is 20.4 Å². The molecule has 0 fully saturated rings. The first-order valence-corrected chi connectivity index (χ1v) is 12.4. The molecule has 4 aromatic carbocycles. The van der Waals surface area contributed by atoms with Crippen LogP contribution in [0.5, 0.6) is 11.5 Å². The largest absolute Gasteiger partial charge is 0.504 e. The van der Waals surface area contributed by atoms with E-state index in [4.69, 9.17) is 10.2 Å². The van der Waals surface area contributed by atoms with E-state index in [1.165, 1.54) is 35.4 Å². The van der Waals surface area contributed by atoms with E-state index >= 15 is 0 Å². The number of nitrogens with zero attached hydrogens (tertiary/aromatic N) is 1. The summed E-state index contributed by atoms with van der Waals surface area (Å²) >= 11 is 0. The monoisotopic (exact) mass is 547 g/mol. The fourth-order valence-electron chi connectivity index (χ4n) is 4.86. The predicted octanol–water partition coefficient (Wildman–Crippen LogP) is 5.90. The maximum absolute atomic E-state index is 12.2. The number of likely N-dealkylation sites (N-methyl/N-ethyl adjacent to an activating group) is 1. The van der Waals surface area contributed by atoms with Crippen molar-refractivity contribution in [3.8, 4) is 22.6 Å². The molecular formula is C31H27F2NO6. The van der Waals surface area contributed by atoms with E-state index in [1.54, 1.807) is 6.07 Å². The van der Waals surface area contributed by atoms with Gasteiger partial charge in [-0.15, -0.1) is 0 Å². The van der Waals surface area contributed by atoms with Crippen LogP contribution in [0.2, 0.25) is 0 Å². The van der Waals surface area contributed by atoms with Crippen LogP contribution in [0, 0.1) is 11.6 Å². The number of halogens is 2. The van der Waals surface area contributed by atoms with Gasteiger partial charge in [-0.25, -0.2) is 18.4 Å². The SMILES string of the molecule is CN1CCc2cccc3c2C1Cc1ccc(O)c(O)c1-3.O=C(O)c1ccc(F)cc1.O=C(O)c1ccc(F)cc1. The minimum absolute atomic E-state index is 0.0163. The molecule has 4 aromatic rings. The second-order valence-electron chi connectivity index (χ2n) is 9.42. The van der Waals surface area contributed by atoms with Gasteiger partial charge in [0.05, 0.1) is 11.1 Å². The zero-order valence-electron chi connectivity index (χ0n) is 21.5. The van der Waals surface area contributed by atoms with Gasteiger partial charge in [0.15, 0.2) is 11.5 Å². The quantitative estimate of drug-likeness (QED) is 0.231. The van der Waals surface area contributed by atoms with E-state index in [1.807, 2.05) is 6.07 Å². The third kappa shape index (κ3) is 6.10. The number of phenolic OH excluding ortho intramolecular Hbond substituents is 2. The minimum Gasteiger partial charge on any atom is -0.504 e. The summed E-state index contributed by atoms with van der Waals surface area (Å²) in [6, 6.07) is 19.5. The van der Waals surface area contributed by atoms with E-state index in [0.29, 0.717) is 6.04 Å². The summed E-state index contributed by atoms with van der Waals surface area (Å²) in [6.07, 6.45) is 1.94. The van der Waals surface area contributed by atoms with Crippen molar-refractivity contribution in [2.75, 3.05) is 13.6 Å². The standard InChI is InChI=1S/C17H17NO2.2C7H5FO2/c1-18-8-7-10-3-2-4-12-15(10)13(18)9-11-5-6-14(19)17(20)16(11)12;2*8-6-3-1-5(2-4-6)7(9)10/h2-6,13,19-20H,7-9H2,1H3;2*1-4H,(H,9,10). The summed E-state index contributed by atoms with van der Waals surface area (Å²) in [7, 11) is 2.16. The first-order valence-electron chi connectivity index (χ1n) is 12.4. The van der Waals surface area contributed by atoms with Crippen molar-refractivity contribution in [3.05, 3.63) is 118 Å². The van der Waals surface area contributed by atoms with Crippen molar-refractivity contribution < 1.29 is 38.8 Å². The first kappa shape index (κ1) is 28.3.